The van der Waals surface area contributed by atoms with Crippen LogP contribution in [0.1, 0.15) is 29.2 Å². The molecule has 0 spiro atoms. The molecule has 0 fully saturated rings. The molecule has 1 aliphatic heterocycles. The lowest BCUT2D eigenvalue weighted by Crippen LogP contribution is -2.37. The predicted octanol–water partition coefficient (Wildman–Crippen LogP) is 3.62. The lowest BCUT2D eigenvalue weighted by Gasteiger charge is -2.32. The maximum atomic E-state index is 6.16. The van der Waals surface area contributed by atoms with Gasteiger partial charge in [0.2, 0.25) is 0 Å². The second-order valence-corrected chi connectivity index (χ2v) is 7.03. The first-order valence-electron chi connectivity index (χ1n) is 9.32. The summed E-state index contributed by atoms with van der Waals surface area (Å²) in [5.41, 5.74) is 13.2. The molecule has 3 N–H and O–H groups in total. The number of hydrogen-bond acceptors (Lipinski definition) is 5. The number of benzene rings is 2. The van der Waals surface area contributed by atoms with Gasteiger partial charge in [0.15, 0.2) is 5.96 Å². The van der Waals surface area contributed by atoms with E-state index in [9.17, 15) is 0 Å². The molecule has 1 aliphatic carbocycles. The molecule has 1 aromatic heterocycles. The SMILES string of the molecule is COc1ccc2c(c1)CCC1=C2NC(N)=NC1c1ccc(-n2ccnc2)cc1.Cl. The molecule has 0 amide bonds. The van der Waals surface area contributed by atoms with E-state index in [0.717, 1.165) is 35.5 Å². The number of aryl methyl sites for hydroxylation is 1. The number of imidazole rings is 1. The molecular weight excluding hydrogens is 386 g/mol. The third kappa shape index (κ3) is 3.36. The van der Waals surface area contributed by atoms with Crippen molar-refractivity contribution in [2.24, 2.45) is 10.7 Å². The number of hydrogen-bond donors (Lipinski definition) is 2. The van der Waals surface area contributed by atoms with E-state index >= 15 is 0 Å². The summed E-state index contributed by atoms with van der Waals surface area (Å²) in [6.45, 7) is 0. The fraction of sp³-hybridized carbons (Fsp3) is 0.182. The number of rotatable bonds is 3. The topological polar surface area (TPSA) is 77.5 Å². The maximum Gasteiger partial charge on any atom is 0.194 e. The minimum atomic E-state index is -0.0664. The molecule has 7 heteroatoms. The normalized spacial score (nSPS) is 17.4. The van der Waals surface area contributed by atoms with E-state index in [1.54, 1.807) is 19.6 Å². The van der Waals surface area contributed by atoms with Crippen LogP contribution in [0, 0.1) is 0 Å². The zero-order valence-electron chi connectivity index (χ0n) is 16.0. The van der Waals surface area contributed by atoms with Gasteiger partial charge in [-0.2, -0.15) is 0 Å². The molecule has 6 nitrogen and oxygen atoms in total. The van der Waals surface area contributed by atoms with Gasteiger partial charge in [-0.15, -0.1) is 12.4 Å². The molecule has 0 saturated carbocycles. The van der Waals surface area contributed by atoms with Gasteiger partial charge in [0.05, 0.1) is 19.1 Å². The standard InChI is InChI=1S/C22H21N5O.ClH/c1-28-17-7-9-18-15(12-17)4-8-19-20(25-22(23)26-21(18)19)14-2-5-16(6-3-14)27-11-10-24-13-27;/h2-3,5-7,9-13,20H,4,8H2,1H3,(H3,23,25,26);1H. The number of methoxy groups -OCH3 is 1. The van der Waals surface area contributed by atoms with Crippen LogP contribution in [0.25, 0.3) is 11.4 Å². The molecule has 2 aliphatic rings. The Kier molecular flexibility index (Phi) is 5.03. The lowest BCUT2D eigenvalue weighted by molar-refractivity contribution is 0.414. The fourth-order valence-electron chi connectivity index (χ4n) is 4.03. The highest BCUT2D eigenvalue weighted by atomic mass is 35.5. The minimum absolute atomic E-state index is 0. The third-order valence-electron chi connectivity index (χ3n) is 5.43. The van der Waals surface area contributed by atoms with Crippen LogP contribution < -0.4 is 15.8 Å². The number of guanidine groups is 1. The predicted molar refractivity (Wildman–Crippen MR) is 117 cm³/mol. The van der Waals surface area contributed by atoms with E-state index in [2.05, 4.69) is 46.7 Å². The molecule has 29 heavy (non-hydrogen) atoms. The molecule has 1 unspecified atom stereocenters. The van der Waals surface area contributed by atoms with Crippen LogP contribution in [0.2, 0.25) is 0 Å². The monoisotopic (exact) mass is 407 g/mol. The van der Waals surface area contributed by atoms with Crippen molar-refractivity contribution < 1.29 is 4.74 Å². The van der Waals surface area contributed by atoms with E-state index < -0.39 is 0 Å². The van der Waals surface area contributed by atoms with Crippen LogP contribution in [0.4, 0.5) is 0 Å². The van der Waals surface area contributed by atoms with Crippen LogP contribution in [-0.2, 0) is 6.42 Å². The first-order valence-corrected chi connectivity index (χ1v) is 9.32. The molecule has 1 atom stereocenters. The van der Waals surface area contributed by atoms with Crippen LogP contribution in [0.5, 0.6) is 5.75 Å². The van der Waals surface area contributed by atoms with Gasteiger partial charge in [0.25, 0.3) is 0 Å². The zero-order valence-corrected chi connectivity index (χ0v) is 16.8. The van der Waals surface area contributed by atoms with Gasteiger partial charge in [-0.25, -0.2) is 9.98 Å². The average molecular weight is 408 g/mol. The van der Waals surface area contributed by atoms with E-state index in [0.29, 0.717) is 5.96 Å². The van der Waals surface area contributed by atoms with Crippen LogP contribution in [0.15, 0.2) is 71.8 Å². The third-order valence-corrected chi connectivity index (χ3v) is 5.43. The molecule has 0 bridgehead atoms. The van der Waals surface area contributed by atoms with Gasteiger partial charge in [-0.1, -0.05) is 12.1 Å². The largest absolute Gasteiger partial charge is 0.497 e. The number of aromatic nitrogens is 2. The quantitative estimate of drug-likeness (QED) is 0.695. The molecular formula is C22H22ClN5O. The number of nitrogens with zero attached hydrogens (tertiary/aromatic N) is 3. The molecule has 2 heterocycles. The Bertz CT molecular complexity index is 1090. The van der Waals surface area contributed by atoms with Crippen molar-refractivity contribution in [2.45, 2.75) is 18.9 Å². The average Bonchev–Trinajstić information content (AvgIpc) is 3.27. The first-order chi connectivity index (χ1) is 13.7. The van der Waals surface area contributed by atoms with Gasteiger partial charge >= 0.3 is 0 Å². The molecule has 2 aromatic carbocycles. The highest BCUT2D eigenvalue weighted by Gasteiger charge is 2.29. The number of fused-ring (bicyclic) bond motifs is 2. The van der Waals surface area contributed by atoms with E-state index in [1.807, 2.05) is 16.8 Å². The van der Waals surface area contributed by atoms with Crippen molar-refractivity contribution in [1.29, 1.82) is 0 Å². The summed E-state index contributed by atoms with van der Waals surface area (Å²) in [6.07, 6.45) is 7.40. The van der Waals surface area contributed by atoms with E-state index in [4.69, 9.17) is 15.5 Å². The van der Waals surface area contributed by atoms with Crippen molar-refractivity contribution in [3.05, 3.63) is 83.4 Å². The minimum Gasteiger partial charge on any atom is -0.497 e. The number of nitrogens with two attached hydrogens (primary N) is 1. The summed E-state index contributed by atoms with van der Waals surface area (Å²) in [5.74, 6) is 1.33. The van der Waals surface area contributed by atoms with Gasteiger partial charge in [0, 0.05) is 23.6 Å². The van der Waals surface area contributed by atoms with Gasteiger partial charge in [-0.3, -0.25) is 0 Å². The first kappa shape index (κ1) is 19.1. The zero-order chi connectivity index (χ0) is 19.1. The van der Waals surface area contributed by atoms with Crippen molar-refractivity contribution in [3.63, 3.8) is 0 Å². The molecule has 5 rings (SSSR count). The van der Waals surface area contributed by atoms with Crippen LogP contribution >= 0.6 is 12.4 Å². The Morgan fingerprint density at radius 3 is 2.69 bits per heavy atom. The number of nitrogens with one attached hydrogen (secondary N) is 1. The summed E-state index contributed by atoms with van der Waals surface area (Å²) in [7, 11) is 1.70. The van der Waals surface area contributed by atoms with E-state index in [1.165, 1.54) is 16.7 Å². The summed E-state index contributed by atoms with van der Waals surface area (Å²) in [6, 6.07) is 14.6. The van der Waals surface area contributed by atoms with Gasteiger partial charge in [0.1, 0.15) is 11.8 Å². The molecule has 3 aromatic rings. The van der Waals surface area contributed by atoms with E-state index in [-0.39, 0.29) is 18.4 Å². The second kappa shape index (κ2) is 7.64. The summed E-state index contributed by atoms with van der Waals surface area (Å²) >= 11 is 0. The van der Waals surface area contributed by atoms with Gasteiger partial charge < -0.3 is 20.4 Å². The van der Waals surface area contributed by atoms with Crippen molar-refractivity contribution >= 4 is 24.1 Å². The Hall–Kier alpha value is -3.25. The summed E-state index contributed by atoms with van der Waals surface area (Å²) in [5, 5.41) is 3.30. The van der Waals surface area contributed by atoms with Crippen LogP contribution in [-0.4, -0.2) is 22.6 Å². The number of ether oxygens (including phenoxy) is 1. The number of aliphatic imine (C=N–C) groups is 1. The Labute approximate surface area is 175 Å². The maximum absolute atomic E-state index is 6.16. The smallest absolute Gasteiger partial charge is 0.194 e. The van der Waals surface area contributed by atoms with Crippen molar-refractivity contribution in [1.82, 2.24) is 14.9 Å². The van der Waals surface area contributed by atoms with Crippen molar-refractivity contribution in [2.75, 3.05) is 7.11 Å². The lowest BCUT2D eigenvalue weighted by atomic mass is 9.83. The fourth-order valence-corrected chi connectivity index (χ4v) is 4.03. The van der Waals surface area contributed by atoms with Gasteiger partial charge in [-0.05, 0) is 59.9 Å². The molecule has 0 radical (unpaired) electrons. The highest BCUT2D eigenvalue weighted by molar-refractivity contribution is 5.92. The summed E-state index contributed by atoms with van der Waals surface area (Å²) in [4.78, 5) is 8.83. The highest BCUT2D eigenvalue weighted by Crippen LogP contribution is 2.41. The second-order valence-electron chi connectivity index (χ2n) is 7.03. The molecule has 0 saturated heterocycles. The molecule has 148 valence electrons. The Balaban J connectivity index is 0.00000205. The Morgan fingerprint density at radius 1 is 1.14 bits per heavy atom. The van der Waals surface area contributed by atoms with Crippen LogP contribution in [0.3, 0.4) is 0 Å². The van der Waals surface area contributed by atoms with Crippen molar-refractivity contribution in [3.8, 4) is 11.4 Å². The number of halogens is 1. The summed E-state index contributed by atoms with van der Waals surface area (Å²) < 4.78 is 7.36. The Morgan fingerprint density at radius 2 is 1.97 bits per heavy atom.